The maximum Gasteiger partial charge on any atom is 0.236 e. The molecule has 0 atom stereocenters. The van der Waals surface area contributed by atoms with E-state index >= 15 is 0 Å². The molecule has 2 rings (SSSR count). The van der Waals surface area contributed by atoms with Crippen LogP contribution in [0.3, 0.4) is 0 Å². The highest BCUT2D eigenvalue weighted by Gasteiger charge is 2.06. The van der Waals surface area contributed by atoms with Crippen molar-refractivity contribution in [3.8, 4) is 6.07 Å². The predicted octanol–water partition coefficient (Wildman–Crippen LogP) is 0.495. The van der Waals surface area contributed by atoms with E-state index in [1.807, 2.05) is 6.07 Å². The zero-order valence-corrected chi connectivity index (χ0v) is 7.51. The van der Waals surface area contributed by atoms with Gasteiger partial charge in [0.25, 0.3) is 0 Å². The molecule has 0 saturated heterocycles. The quantitative estimate of drug-likeness (QED) is 0.686. The number of rotatable bonds is 2. The molecule has 0 unspecified atom stereocenters. The molecule has 0 saturated carbocycles. The molecule has 0 aliphatic rings. The molecule has 0 aliphatic carbocycles. The molecule has 0 amide bonds. The van der Waals surface area contributed by atoms with Gasteiger partial charge in [0, 0.05) is 19.3 Å². The molecule has 6 heteroatoms. The van der Waals surface area contributed by atoms with Crippen molar-refractivity contribution in [1.29, 1.82) is 5.26 Å². The number of aryl methyl sites for hydroxylation is 1. The van der Waals surface area contributed by atoms with E-state index in [1.165, 1.54) is 0 Å². The maximum atomic E-state index is 8.69. The van der Waals surface area contributed by atoms with E-state index in [9.17, 15) is 0 Å². The van der Waals surface area contributed by atoms with Crippen LogP contribution in [0.1, 0.15) is 17.6 Å². The lowest BCUT2D eigenvalue weighted by molar-refractivity contribution is 0.453. The molecule has 2 aromatic rings. The average molecular weight is 189 g/mol. The van der Waals surface area contributed by atoms with Gasteiger partial charge in [-0.2, -0.15) is 5.26 Å². The predicted molar refractivity (Wildman–Crippen MR) is 45.1 cm³/mol. The monoisotopic (exact) mass is 189 g/mol. The summed E-state index contributed by atoms with van der Waals surface area (Å²) >= 11 is 0. The molecule has 70 valence electrons. The van der Waals surface area contributed by atoms with Crippen LogP contribution in [0.25, 0.3) is 0 Å². The van der Waals surface area contributed by atoms with Gasteiger partial charge in [-0.15, -0.1) is 10.2 Å². The molecule has 0 spiro atoms. The van der Waals surface area contributed by atoms with Crippen LogP contribution in [0.15, 0.2) is 16.8 Å². The fourth-order valence-corrected chi connectivity index (χ4v) is 1.10. The van der Waals surface area contributed by atoms with E-state index in [4.69, 9.17) is 9.68 Å². The second kappa shape index (κ2) is 3.30. The van der Waals surface area contributed by atoms with Gasteiger partial charge in [0.1, 0.15) is 12.6 Å². The van der Waals surface area contributed by atoms with Gasteiger partial charge in [0.15, 0.2) is 0 Å². The number of nitrogens with zero attached hydrogens (tertiary/aromatic N) is 5. The van der Waals surface area contributed by atoms with Gasteiger partial charge in [-0.05, 0) is 0 Å². The fraction of sp³-hybridized carbons (Fsp3) is 0.250. The van der Waals surface area contributed by atoms with Crippen molar-refractivity contribution in [3.63, 3.8) is 0 Å². The summed E-state index contributed by atoms with van der Waals surface area (Å²) in [6.07, 6.45) is 3.25. The number of imidazole rings is 1. The van der Waals surface area contributed by atoms with Crippen LogP contribution in [-0.4, -0.2) is 19.7 Å². The topological polar surface area (TPSA) is 80.5 Å². The molecule has 0 N–H and O–H groups in total. The van der Waals surface area contributed by atoms with Crippen molar-refractivity contribution in [2.75, 3.05) is 0 Å². The van der Waals surface area contributed by atoms with Crippen molar-refractivity contribution in [2.45, 2.75) is 13.5 Å². The fourth-order valence-electron chi connectivity index (χ4n) is 1.10. The SMILES string of the molecule is Cc1nnc(Cn2ccnc2C#N)o1. The summed E-state index contributed by atoms with van der Waals surface area (Å²) in [4.78, 5) is 3.85. The lowest BCUT2D eigenvalue weighted by Crippen LogP contribution is -2.01. The Morgan fingerprint density at radius 3 is 3.07 bits per heavy atom. The highest BCUT2D eigenvalue weighted by Crippen LogP contribution is 2.03. The number of hydrogen-bond donors (Lipinski definition) is 0. The van der Waals surface area contributed by atoms with Gasteiger partial charge in [0.2, 0.25) is 17.6 Å². The largest absolute Gasteiger partial charge is 0.424 e. The van der Waals surface area contributed by atoms with Gasteiger partial charge < -0.3 is 8.98 Å². The Bertz CT molecular complexity index is 478. The van der Waals surface area contributed by atoms with Gasteiger partial charge in [-0.3, -0.25) is 0 Å². The Balaban J connectivity index is 2.23. The van der Waals surface area contributed by atoms with E-state index in [-0.39, 0.29) is 0 Å². The Kier molecular flexibility index (Phi) is 1.99. The van der Waals surface area contributed by atoms with Crippen molar-refractivity contribution in [1.82, 2.24) is 19.7 Å². The average Bonchev–Trinajstić information content (AvgIpc) is 2.76. The lowest BCUT2D eigenvalue weighted by Gasteiger charge is -1.96. The van der Waals surface area contributed by atoms with Crippen LogP contribution >= 0.6 is 0 Å². The van der Waals surface area contributed by atoms with Crippen LogP contribution in [0, 0.1) is 18.3 Å². The number of aromatic nitrogens is 4. The van der Waals surface area contributed by atoms with E-state index in [0.29, 0.717) is 24.2 Å². The standard InChI is InChI=1S/C8H7N5O/c1-6-11-12-8(14-6)5-13-3-2-10-7(13)4-9/h2-3H,5H2,1H3. The highest BCUT2D eigenvalue weighted by atomic mass is 16.4. The van der Waals surface area contributed by atoms with Gasteiger partial charge >= 0.3 is 0 Å². The Labute approximate surface area is 79.8 Å². The maximum absolute atomic E-state index is 8.69. The van der Waals surface area contributed by atoms with Crippen LogP contribution in [-0.2, 0) is 6.54 Å². The van der Waals surface area contributed by atoms with Crippen molar-refractivity contribution < 1.29 is 4.42 Å². The summed E-state index contributed by atoms with van der Waals surface area (Å²) < 4.78 is 6.82. The second-order valence-corrected chi connectivity index (χ2v) is 2.71. The molecule has 0 bridgehead atoms. The third kappa shape index (κ3) is 1.47. The number of hydrogen-bond acceptors (Lipinski definition) is 5. The molecule has 2 heterocycles. The summed E-state index contributed by atoms with van der Waals surface area (Å²) in [5.74, 6) is 1.32. The zero-order valence-electron chi connectivity index (χ0n) is 7.51. The molecule has 0 aromatic carbocycles. The van der Waals surface area contributed by atoms with E-state index in [1.54, 1.807) is 23.9 Å². The van der Waals surface area contributed by atoms with Crippen LogP contribution < -0.4 is 0 Å². The first-order valence-corrected chi connectivity index (χ1v) is 4.00. The molecule has 0 radical (unpaired) electrons. The zero-order chi connectivity index (χ0) is 9.97. The summed E-state index contributed by atoms with van der Waals surface area (Å²) in [5.41, 5.74) is 0. The van der Waals surface area contributed by atoms with Crippen LogP contribution in [0.5, 0.6) is 0 Å². The first-order chi connectivity index (χ1) is 6.79. The summed E-state index contributed by atoms with van der Waals surface area (Å²) in [6.45, 7) is 2.10. The molecular weight excluding hydrogens is 182 g/mol. The lowest BCUT2D eigenvalue weighted by atomic mass is 10.5. The summed E-state index contributed by atoms with van der Waals surface area (Å²) in [6, 6.07) is 1.96. The van der Waals surface area contributed by atoms with E-state index in [2.05, 4.69) is 15.2 Å². The molecule has 0 aliphatic heterocycles. The van der Waals surface area contributed by atoms with Gasteiger partial charge in [0.05, 0.1) is 0 Å². The highest BCUT2D eigenvalue weighted by molar-refractivity contribution is 5.11. The van der Waals surface area contributed by atoms with E-state index in [0.717, 1.165) is 0 Å². The second-order valence-electron chi connectivity index (χ2n) is 2.71. The first-order valence-electron chi connectivity index (χ1n) is 4.00. The van der Waals surface area contributed by atoms with E-state index < -0.39 is 0 Å². The van der Waals surface area contributed by atoms with Gasteiger partial charge in [-0.1, -0.05) is 0 Å². The first kappa shape index (κ1) is 8.44. The molecule has 0 fully saturated rings. The normalized spacial score (nSPS) is 10.0. The molecule has 6 nitrogen and oxygen atoms in total. The Morgan fingerprint density at radius 1 is 1.57 bits per heavy atom. The smallest absolute Gasteiger partial charge is 0.236 e. The minimum atomic E-state index is 0.334. The summed E-state index contributed by atoms with van der Waals surface area (Å²) in [7, 11) is 0. The van der Waals surface area contributed by atoms with Crippen molar-refractivity contribution in [3.05, 3.63) is 30.0 Å². The van der Waals surface area contributed by atoms with Gasteiger partial charge in [-0.25, -0.2) is 4.98 Å². The minimum Gasteiger partial charge on any atom is -0.424 e. The van der Waals surface area contributed by atoms with Crippen molar-refractivity contribution >= 4 is 0 Å². The van der Waals surface area contributed by atoms with Crippen molar-refractivity contribution in [2.24, 2.45) is 0 Å². The third-order valence-electron chi connectivity index (χ3n) is 1.69. The number of nitriles is 1. The molecule has 14 heavy (non-hydrogen) atoms. The van der Waals surface area contributed by atoms with Crippen LogP contribution in [0.4, 0.5) is 0 Å². The summed E-state index contributed by atoms with van der Waals surface area (Å²) in [5, 5.41) is 16.2. The molecular formula is C8H7N5O. The third-order valence-corrected chi connectivity index (χ3v) is 1.69. The molecule has 2 aromatic heterocycles. The Morgan fingerprint density at radius 2 is 2.43 bits per heavy atom. The minimum absolute atomic E-state index is 0.334. The Hall–Kier alpha value is -2.16. The van der Waals surface area contributed by atoms with Crippen LogP contribution in [0.2, 0.25) is 0 Å².